The molecule has 0 aliphatic heterocycles. The summed E-state index contributed by atoms with van der Waals surface area (Å²) in [7, 11) is 0. The number of hydrogen-bond acceptors (Lipinski definition) is 3. The van der Waals surface area contributed by atoms with Crippen LogP contribution in [0, 0.1) is 23.7 Å². The van der Waals surface area contributed by atoms with Gasteiger partial charge in [0.25, 0.3) is 0 Å². The zero-order chi connectivity index (χ0) is 19.8. The molecule has 0 bridgehead atoms. The van der Waals surface area contributed by atoms with Crippen LogP contribution in [0.5, 0.6) is 0 Å². The molecule has 2 saturated carbocycles. The first kappa shape index (κ1) is 20.8. The van der Waals surface area contributed by atoms with Crippen LogP contribution in [0.4, 0.5) is 0 Å². The van der Waals surface area contributed by atoms with Crippen LogP contribution in [0.2, 0.25) is 0 Å². The average Bonchev–Trinajstić information content (AvgIpc) is 2.72. The Bertz CT molecular complexity index is 618. The van der Waals surface area contributed by atoms with Crippen LogP contribution < -0.4 is 10.6 Å². The van der Waals surface area contributed by atoms with E-state index in [9.17, 15) is 9.59 Å². The van der Waals surface area contributed by atoms with Crippen molar-refractivity contribution in [3.8, 4) is 0 Å². The Morgan fingerprint density at radius 2 is 1.61 bits per heavy atom. The van der Waals surface area contributed by atoms with Crippen molar-refractivity contribution in [3.05, 3.63) is 30.1 Å². The summed E-state index contributed by atoms with van der Waals surface area (Å²) in [5, 5.41) is 6.29. The first-order valence-corrected chi connectivity index (χ1v) is 11.0. The fourth-order valence-electron chi connectivity index (χ4n) is 4.56. The Hall–Kier alpha value is -1.91. The van der Waals surface area contributed by atoms with Gasteiger partial charge in [0, 0.05) is 31.4 Å². The number of aromatic nitrogens is 1. The third-order valence-corrected chi connectivity index (χ3v) is 6.59. The Labute approximate surface area is 169 Å². The number of amides is 2. The lowest BCUT2D eigenvalue weighted by atomic mass is 9.81. The molecule has 1 aromatic rings. The molecule has 0 saturated heterocycles. The fourth-order valence-corrected chi connectivity index (χ4v) is 4.56. The molecule has 0 radical (unpaired) electrons. The van der Waals surface area contributed by atoms with Gasteiger partial charge in [-0.2, -0.15) is 0 Å². The number of carbonyl (C=O) groups excluding carboxylic acids is 2. The molecule has 5 nitrogen and oxygen atoms in total. The Morgan fingerprint density at radius 1 is 0.964 bits per heavy atom. The second-order valence-corrected chi connectivity index (χ2v) is 8.93. The van der Waals surface area contributed by atoms with E-state index in [0.717, 1.165) is 63.1 Å². The third kappa shape index (κ3) is 6.61. The summed E-state index contributed by atoms with van der Waals surface area (Å²) in [5.74, 6) is 2.52. The van der Waals surface area contributed by atoms with E-state index in [4.69, 9.17) is 0 Å². The highest BCUT2D eigenvalue weighted by atomic mass is 16.2. The molecule has 0 aromatic carbocycles. The number of nitrogens with zero attached hydrogens (tertiary/aromatic N) is 1. The molecule has 3 rings (SSSR count). The second kappa shape index (κ2) is 10.6. The lowest BCUT2D eigenvalue weighted by molar-refractivity contribution is -0.126. The predicted octanol–water partition coefficient (Wildman–Crippen LogP) is 3.49. The normalized spacial score (nSPS) is 27.8. The van der Waals surface area contributed by atoms with Crippen molar-refractivity contribution in [3.63, 3.8) is 0 Å². The second-order valence-electron chi connectivity index (χ2n) is 8.93. The van der Waals surface area contributed by atoms with E-state index in [0.29, 0.717) is 18.3 Å². The summed E-state index contributed by atoms with van der Waals surface area (Å²) >= 11 is 0. The predicted molar refractivity (Wildman–Crippen MR) is 111 cm³/mol. The Kier molecular flexibility index (Phi) is 7.87. The quantitative estimate of drug-likeness (QED) is 0.755. The van der Waals surface area contributed by atoms with Crippen LogP contribution in [-0.2, 0) is 16.0 Å². The van der Waals surface area contributed by atoms with Crippen LogP contribution >= 0.6 is 0 Å². The number of nitrogens with one attached hydrogen (secondary N) is 2. The molecular weight excluding hydrogens is 350 g/mol. The maximum absolute atomic E-state index is 12.4. The van der Waals surface area contributed by atoms with Gasteiger partial charge >= 0.3 is 0 Å². The van der Waals surface area contributed by atoms with Crippen molar-refractivity contribution in [2.24, 2.45) is 23.7 Å². The monoisotopic (exact) mass is 385 g/mol. The number of rotatable bonds is 7. The highest BCUT2D eigenvalue weighted by Gasteiger charge is 2.26. The van der Waals surface area contributed by atoms with Gasteiger partial charge in [-0.25, -0.2) is 0 Å². The van der Waals surface area contributed by atoms with Gasteiger partial charge in [0.2, 0.25) is 11.8 Å². The first-order valence-electron chi connectivity index (χ1n) is 11.0. The van der Waals surface area contributed by atoms with Crippen molar-refractivity contribution >= 4 is 11.8 Å². The molecule has 0 spiro atoms. The highest BCUT2D eigenvalue weighted by Crippen LogP contribution is 2.30. The largest absolute Gasteiger partial charge is 0.356 e. The van der Waals surface area contributed by atoms with Crippen molar-refractivity contribution in [1.82, 2.24) is 15.6 Å². The minimum atomic E-state index is 0.0733. The van der Waals surface area contributed by atoms with E-state index < -0.39 is 0 Å². The summed E-state index contributed by atoms with van der Waals surface area (Å²) in [6, 6.07) is 3.79. The van der Waals surface area contributed by atoms with Gasteiger partial charge in [-0.15, -0.1) is 0 Å². The fraction of sp³-hybridized carbons (Fsp3) is 0.696. The smallest absolute Gasteiger partial charge is 0.224 e. The van der Waals surface area contributed by atoms with Crippen LogP contribution in [0.1, 0.15) is 63.9 Å². The molecule has 2 N–H and O–H groups in total. The van der Waals surface area contributed by atoms with Crippen LogP contribution in [0.3, 0.4) is 0 Å². The number of carbonyl (C=O) groups is 2. The Morgan fingerprint density at radius 3 is 2.21 bits per heavy atom. The van der Waals surface area contributed by atoms with E-state index in [1.165, 1.54) is 12.8 Å². The summed E-state index contributed by atoms with van der Waals surface area (Å²) in [6.45, 7) is 3.87. The Balaban J connectivity index is 1.28. The lowest BCUT2D eigenvalue weighted by Crippen LogP contribution is -2.38. The molecule has 28 heavy (non-hydrogen) atoms. The molecule has 2 aliphatic carbocycles. The van der Waals surface area contributed by atoms with E-state index >= 15 is 0 Å². The van der Waals surface area contributed by atoms with Crippen LogP contribution in [-0.4, -0.2) is 29.9 Å². The molecule has 2 fully saturated rings. The molecule has 154 valence electrons. The average molecular weight is 386 g/mol. The maximum Gasteiger partial charge on any atom is 0.224 e. The first-order chi connectivity index (χ1) is 13.6. The van der Waals surface area contributed by atoms with Crippen LogP contribution in [0.25, 0.3) is 0 Å². The molecule has 2 aliphatic rings. The summed E-state index contributed by atoms with van der Waals surface area (Å²) in [4.78, 5) is 28.5. The van der Waals surface area contributed by atoms with Crippen molar-refractivity contribution in [1.29, 1.82) is 0 Å². The third-order valence-electron chi connectivity index (χ3n) is 6.59. The molecule has 1 heterocycles. The molecule has 2 amide bonds. The summed E-state index contributed by atoms with van der Waals surface area (Å²) in [6.07, 6.45) is 12.9. The molecule has 1 aromatic heterocycles. The zero-order valence-electron chi connectivity index (χ0n) is 17.2. The standard InChI is InChI=1S/C23H35N3O2/c1-17-4-10-21(11-5-17)23(28)26-16-19-8-6-18(7-9-19)15-25-22(27)13-20-3-2-12-24-14-20/h2-3,12,14,17-19,21H,4-11,13,15-16H2,1H3,(H,25,27)(H,26,28). The SMILES string of the molecule is CC1CCC(C(=O)NCC2CCC(CNC(=O)Cc3cccnc3)CC2)CC1. The molecular formula is C23H35N3O2. The van der Waals surface area contributed by atoms with E-state index in [2.05, 4.69) is 22.5 Å². The van der Waals surface area contributed by atoms with Gasteiger partial charge in [0.15, 0.2) is 0 Å². The lowest BCUT2D eigenvalue weighted by Gasteiger charge is -2.30. The van der Waals surface area contributed by atoms with Crippen molar-refractivity contribution < 1.29 is 9.59 Å². The number of hydrogen-bond donors (Lipinski definition) is 2. The number of pyridine rings is 1. The minimum absolute atomic E-state index is 0.0733. The molecule has 0 unspecified atom stereocenters. The van der Waals surface area contributed by atoms with Gasteiger partial charge in [-0.1, -0.05) is 13.0 Å². The van der Waals surface area contributed by atoms with Gasteiger partial charge < -0.3 is 10.6 Å². The maximum atomic E-state index is 12.4. The van der Waals surface area contributed by atoms with Gasteiger partial charge in [-0.05, 0) is 80.8 Å². The van der Waals surface area contributed by atoms with Crippen molar-refractivity contribution in [2.75, 3.05) is 13.1 Å². The van der Waals surface area contributed by atoms with Gasteiger partial charge in [-0.3, -0.25) is 14.6 Å². The van der Waals surface area contributed by atoms with E-state index in [-0.39, 0.29) is 17.7 Å². The summed E-state index contributed by atoms with van der Waals surface area (Å²) < 4.78 is 0. The summed E-state index contributed by atoms with van der Waals surface area (Å²) in [5.41, 5.74) is 0.951. The van der Waals surface area contributed by atoms with Crippen LogP contribution in [0.15, 0.2) is 24.5 Å². The van der Waals surface area contributed by atoms with E-state index in [1.54, 1.807) is 12.4 Å². The van der Waals surface area contributed by atoms with E-state index in [1.807, 2.05) is 12.1 Å². The van der Waals surface area contributed by atoms with Crippen molar-refractivity contribution in [2.45, 2.75) is 64.7 Å². The molecule has 5 heteroatoms. The topological polar surface area (TPSA) is 71.1 Å². The highest BCUT2D eigenvalue weighted by molar-refractivity contribution is 5.79. The minimum Gasteiger partial charge on any atom is -0.356 e. The molecule has 0 atom stereocenters. The van der Waals surface area contributed by atoms with Gasteiger partial charge in [0.1, 0.15) is 0 Å². The van der Waals surface area contributed by atoms with Gasteiger partial charge in [0.05, 0.1) is 6.42 Å². The zero-order valence-corrected chi connectivity index (χ0v) is 17.2.